The Morgan fingerprint density at radius 1 is 1.43 bits per heavy atom. The fraction of sp³-hybridized carbons (Fsp3) is 0.636. The fourth-order valence-electron chi connectivity index (χ4n) is 1.06. The molecule has 0 aliphatic carbocycles. The van der Waals surface area contributed by atoms with E-state index < -0.39 is 11.4 Å². The van der Waals surface area contributed by atoms with E-state index in [9.17, 15) is 9.59 Å². The second-order valence-corrected chi connectivity index (χ2v) is 3.78. The van der Waals surface area contributed by atoms with Gasteiger partial charge in [-0.2, -0.15) is 0 Å². The van der Waals surface area contributed by atoms with Crippen LogP contribution < -0.4 is 0 Å². The molecule has 0 aliphatic rings. The maximum Gasteiger partial charge on any atom is 0.313 e. The van der Waals surface area contributed by atoms with Crippen LogP contribution in [0.1, 0.15) is 33.6 Å². The van der Waals surface area contributed by atoms with Gasteiger partial charge in [-0.3, -0.25) is 9.59 Å². The molecular weight excluding hydrogens is 180 g/mol. The van der Waals surface area contributed by atoms with Crippen LogP contribution in [0.2, 0.25) is 0 Å². The molecule has 0 rings (SSSR count). The van der Waals surface area contributed by atoms with Crippen LogP contribution in [0.4, 0.5) is 0 Å². The minimum absolute atomic E-state index is 0.101. The number of carbonyl (C=O) groups excluding carboxylic acids is 2. The average molecular weight is 198 g/mol. The molecule has 3 heteroatoms. The first-order chi connectivity index (χ1) is 6.44. The number of carbonyl (C=O) groups is 2. The van der Waals surface area contributed by atoms with Crippen LogP contribution in [0.5, 0.6) is 0 Å². The fourth-order valence-corrected chi connectivity index (χ4v) is 1.06. The van der Waals surface area contributed by atoms with Crippen molar-refractivity contribution in [1.29, 1.82) is 0 Å². The zero-order valence-corrected chi connectivity index (χ0v) is 9.13. The number of Topliss-reactive ketones (excluding diaryl/α,β-unsaturated/α-hetero) is 1. The first-order valence-corrected chi connectivity index (χ1v) is 4.74. The molecule has 0 saturated heterocycles. The molecule has 0 bridgehead atoms. The van der Waals surface area contributed by atoms with Crippen molar-refractivity contribution in [2.24, 2.45) is 5.41 Å². The lowest BCUT2D eigenvalue weighted by molar-refractivity contribution is -0.147. The summed E-state index contributed by atoms with van der Waals surface area (Å²) in [5.41, 5.74) is -0.519. The SMILES string of the molecule is C=CCC(C)(C)C(=O)CC(=O)OCC. The Bertz CT molecular complexity index is 229. The van der Waals surface area contributed by atoms with Crippen LogP contribution in [0.3, 0.4) is 0 Å². The lowest BCUT2D eigenvalue weighted by atomic mass is 9.83. The van der Waals surface area contributed by atoms with Gasteiger partial charge < -0.3 is 4.74 Å². The highest BCUT2D eigenvalue weighted by molar-refractivity contribution is 5.98. The quantitative estimate of drug-likeness (QED) is 0.373. The first kappa shape index (κ1) is 12.9. The van der Waals surface area contributed by atoms with Gasteiger partial charge in [0.15, 0.2) is 0 Å². The molecule has 0 aromatic carbocycles. The van der Waals surface area contributed by atoms with Crippen molar-refractivity contribution in [2.45, 2.75) is 33.6 Å². The summed E-state index contributed by atoms with van der Waals surface area (Å²) < 4.78 is 4.70. The normalized spacial score (nSPS) is 10.8. The minimum atomic E-state index is -0.519. The number of esters is 1. The van der Waals surface area contributed by atoms with Gasteiger partial charge >= 0.3 is 5.97 Å². The maximum atomic E-state index is 11.6. The zero-order chi connectivity index (χ0) is 11.2. The van der Waals surface area contributed by atoms with Crippen molar-refractivity contribution in [3.8, 4) is 0 Å². The third kappa shape index (κ3) is 4.21. The third-order valence-corrected chi connectivity index (χ3v) is 2.02. The molecule has 0 spiro atoms. The van der Waals surface area contributed by atoms with E-state index in [0.717, 1.165) is 0 Å². The summed E-state index contributed by atoms with van der Waals surface area (Å²) in [4.78, 5) is 22.6. The largest absolute Gasteiger partial charge is 0.466 e. The Hall–Kier alpha value is -1.12. The van der Waals surface area contributed by atoms with Gasteiger partial charge in [-0.1, -0.05) is 19.9 Å². The van der Waals surface area contributed by atoms with Crippen LogP contribution in [-0.4, -0.2) is 18.4 Å². The second-order valence-electron chi connectivity index (χ2n) is 3.78. The average Bonchev–Trinajstić information content (AvgIpc) is 2.04. The van der Waals surface area contributed by atoms with Gasteiger partial charge in [0, 0.05) is 5.41 Å². The standard InChI is InChI=1S/C11H18O3/c1-5-7-11(3,4)9(12)8-10(13)14-6-2/h5H,1,6-8H2,2-4H3. The van der Waals surface area contributed by atoms with Gasteiger partial charge in [-0.25, -0.2) is 0 Å². The lowest BCUT2D eigenvalue weighted by Crippen LogP contribution is -2.26. The van der Waals surface area contributed by atoms with Crippen LogP contribution in [0.25, 0.3) is 0 Å². The maximum absolute atomic E-state index is 11.6. The lowest BCUT2D eigenvalue weighted by Gasteiger charge is -2.20. The van der Waals surface area contributed by atoms with Crippen molar-refractivity contribution < 1.29 is 14.3 Å². The summed E-state index contributed by atoms with van der Waals surface area (Å²) in [7, 11) is 0. The smallest absolute Gasteiger partial charge is 0.313 e. The molecule has 0 radical (unpaired) electrons. The van der Waals surface area contributed by atoms with Gasteiger partial charge in [-0.15, -0.1) is 6.58 Å². The number of allylic oxidation sites excluding steroid dienone is 1. The molecule has 3 nitrogen and oxygen atoms in total. The van der Waals surface area contributed by atoms with Gasteiger partial charge in [0.05, 0.1) is 6.61 Å². The van der Waals surface area contributed by atoms with Gasteiger partial charge in [0.1, 0.15) is 12.2 Å². The Kier molecular flexibility index (Phi) is 5.13. The highest BCUT2D eigenvalue weighted by Gasteiger charge is 2.27. The Labute approximate surface area is 85.1 Å². The number of ketones is 1. The van der Waals surface area contributed by atoms with Crippen molar-refractivity contribution in [3.05, 3.63) is 12.7 Å². The molecule has 80 valence electrons. The van der Waals surface area contributed by atoms with E-state index in [1.54, 1.807) is 26.8 Å². The molecule has 0 fully saturated rings. The summed E-state index contributed by atoms with van der Waals surface area (Å²) in [5.74, 6) is -0.550. The predicted octanol–water partition coefficient (Wildman–Crippen LogP) is 2.11. The van der Waals surface area contributed by atoms with E-state index in [1.165, 1.54) is 0 Å². The monoisotopic (exact) mass is 198 g/mol. The molecule has 0 unspecified atom stereocenters. The van der Waals surface area contributed by atoms with Gasteiger partial charge in [0.25, 0.3) is 0 Å². The highest BCUT2D eigenvalue weighted by Crippen LogP contribution is 2.23. The molecule has 0 aliphatic heterocycles. The molecule has 0 atom stereocenters. The minimum Gasteiger partial charge on any atom is -0.466 e. The van der Waals surface area contributed by atoms with Gasteiger partial charge in [-0.05, 0) is 13.3 Å². The second kappa shape index (κ2) is 5.58. The van der Waals surface area contributed by atoms with E-state index in [-0.39, 0.29) is 12.2 Å². The summed E-state index contributed by atoms with van der Waals surface area (Å²) in [6, 6.07) is 0. The van der Waals surface area contributed by atoms with Gasteiger partial charge in [0.2, 0.25) is 0 Å². The first-order valence-electron chi connectivity index (χ1n) is 4.74. The van der Waals surface area contributed by atoms with E-state index in [2.05, 4.69) is 6.58 Å². The van der Waals surface area contributed by atoms with E-state index in [1.807, 2.05) is 0 Å². The molecular formula is C11H18O3. The number of rotatable bonds is 6. The molecule has 0 amide bonds. The summed E-state index contributed by atoms with van der Waals surface area (Å²) >= 11 is 0. The number of hydrogen-bond donors (Lipinski definition) is 0. The Morgan fingerprint density at radius 3 is 2.43 bits per heavy atom. The summed E-state index contributed by atoms with van der Waals surface area (Å²) in [5, 5.41) is 0. The van der Waals surface area contributed by atoms with Crippen molar-refractivity contribution >= 4 is 11.8 Å². The van der Waals surface area contributed by atoms with Crippen molar-refractivity contribution in [1.82, 2.24) is 0 Å². The number of ether oxygens (including phenoxy) is 1. The third-order valence-electron chi connectivity index (χ3n) is 2.02. The zero-order valence-electron chi connectivity index (χ0n) is 9.13. The molecule has 0 saturated carbocycles. The van der Waals surface area contributed by atoms with E-state index in [0.29, 0.717) is 13.0 Å². The van der Waals surface area contributed by atoms with Crippen molar-refractivity contribution in [3.63, 3.8) is 0 Å². The topological polar surface area (TPSA) is 43.4 Å². The molecule has 0 N–H and O–H groups in total. The van der Waals surface area contributed by atoms with Crippen LogP contribution in [0, 0.1) is 5.41 Å². The molecule has 0 aromatic rings. The van der Waals surface area contributed by atoms with Crippen LogP contribution >= 0.6 is 0 Å². The predicted molar refractivity (Wildman–Crippen MR) is 54.9 cm³/mol. The van der Waals surface area contributed by atoms with Crippen LogP contribution in [-0.2, 0) is 14.3 Å². The van der Waals surface area contributed by atoms with Crippen LogP contribution in [0.15, 0.2) is 12.7 Å². The summed E-state index contributed by atoms with van der Waals surface area (Å²) in [6.45, 7) is 9.21. The Balaban J connectivity index is 4.19. The highest BCUT2D eigenvalue weighted by atomic mass is 16.5. The van der Waals surface area contributed by atoms with E-state index >= 15 is 0 Å². The Morgan fingerprint density at radius 2 is 2.00 bits per heavy atom. The molecule has 14 heavy (non-hydrogen) atoms. The molecule has 0 heterocycles. The van der Waals surface area contributed by atoms with Crippen molar-refractivity contribution in [2.75, 3.05) is 6.61 Å². The summed E-state index contributed by atoms with van der Waals surface area (Å²) in [6.07, 6.45) is 2.11. The van der Waals surface area contributed by atoms with E-state index in [4.69, 9.17) is 4.74 Å². The molecule has 0 aromatic heterocycles. The number of hydrogen-bond acceptors (Lipinski definition) is 3.